The van der Waals surface area contributed by atoms with Crippen molar-refractivity contribution in [1.82, 2.24) is 15.2 Å². The summed E-state index contributed by atoms with van der Waals surface area (Å²) in [6, 6.07) is 3.07. The molecule has 20 heavy (non-hydrogen) atoms. The molecule has 0 aliphatic rings. The standard InChI is InChI=1S/C13H22FN3O2S/c1-15-12(13-5-4-11(14)10-16-13)6-7-17(2)8-9-20(3,18)19/h4-5,10,12,15H,6-9H2,1-3H3. The van der Waals surface area contributed by atoms with Crippen molar-refractivity contribution in [3.05, 3.63) is 29.8 Å². The molecule has 0 fully saturated rings. The molecule has 1 unspecified atom stereocenters. The van der Waals surface area contributed by atoms with Crippen molar-refractivity contribution in [2.45, 2.75) is 12.5 Å². The minimum Gasteiger partial charge on any atom is -0.312 e. The van der Waals surface area contributed by atoms with E-state index in [1.165, 1.54) is 18.5 Å². The number of halogens is 1. The van der Waals surface area contributed by atoms with Crippen LogP contribution in [-0.4, -0.2) is 57.5 Å². The number of hydrogen-bond acceptors (Lipinski definition) is 5. The summed E-state index contributed by atoms with van der Waals surface area (Å²) < 4.78 is 35.0. The van der Waals surface area contributed by atoms with E-state index in [1.807, 2.05) is 19.0 Å². The Kier molecular flexibility index (Phi) is 6.51. The largest absolute Gasteiger partial charge is 0.312 e. The SMILES string of the molecule is CNC(CCN(C)CCS(C)(=O)=O)c1ccc(F)cn1. The number of hydrogen-bond donors (Lipinski definition) is 1. The first kappa shape index (κ1) is 17.0. The minimum atomic E-state index is -2.93. The molecule has 1 N–H and O–H groups in total. The second kappa shape index (κ2) is 7.66. The lowest BCUT2D eigenvalue weighted by Crippen LogP contribution is -2.29. The number of nitrogens with one attached hydrogen (secondary N) is 1. The van der Waals surface area contributed by atoms with Gasteiger partial charge >= 0.3 is 0 Å². The number of nitrogens with zero attached hydrogens (tertiary/aromatic N) is 2. The number of aromatic nitrogens is 1. The molecule has 0 spiro atoms. The van der Waals surface area contributed by atoms with Crippen LogP contribution in [-0.2, 0) is 9.84 Å². The van der Waals surface area contributed by atoms with Crippen LogP contribution in [0.5, 0.6) is 0 Å². The molecule has 0 amide bonds. The van der Waals surface area contributed by atoms with Gasteiger partial charge < -0.3 is 10.2 Å². The van der Waals surface area contributed by atoms with Crippen LogP contribution in [0.1, 0.15) is 18.2 Å². The molecule has 1 rings (SSSR count). The van der Waals surface area contributed by atoms with Crippen LogP contribution >= 0.6 is 0 Å². The van der Waals surface area contributed by atoms with Gasteiger partial charge in [-0.25, -0.2) is 12.8 Å². The average molecular weight is 303 g/mol. The van der Waals surface area contributed by atoms with Crippen LogP contribution in [0.4, 0.5) is 4.39 Å². The summed E-state index contributed by atoms with van der Waals surface area (Å²) in [5, 5.41) is 3.14. The predicted octanol–water partition coefficient (Wildman–Crippen LogP) is 0.848. The minimum absolute atomic E-state index is 0.0243. The molecule has 0 aliphatic carbocycles. The Bertz CT molecular complexity index is 505. The smallest absolute Gasteiger partial charge is 0.148 e. The molecule has 0 radical (unpaired) electrons. The molecular weight excluding hydrogens is 281 g/mol. The molecule has 7 heteroatoms. The van der Waals surface area contributed by atoms with Crippen molar-refractivity contribution in [2.24, 2.45) is 0 Å². The second-order valence-electron chi connectivity index (χ2n) is 4.96. The van der Waals surface area contributed by atoms with Gasteiger partial charge in [-0.15, -0.1) is 0 Å². The Morgan fingerprint density at radius 3 is 2.60 bits per heavy atom. The summed E-state index contributed by atoms with van der Waals surface area (Å²) in [5.74, 6) is -0.198. The van der Waals surface area contributed by atoms with Crippen LogP contribution in [0, 0.1) is 5.82 Å². The van der Waals surface area contributed by atoms with Gasteiger partial charge in [-0.3, -0.25) is 4.98 Å². The monoisotopic (exact) mass is 303 g/mol. The molecule has 0 saturated carbocycles. The summed E-state index contributed by atoms with van der Waals surface area (Å²) in [7, 11) is 0.779. The summed E-state index contributed by atoms with van der Waals surface area (Å²) in [5.41, 5.74) is 0.783. The molecule has 1 aromatic heterocycles. The maximum atomic E-state index is 12.8. The maximum absolute atomic E-state index is 12.8. The highest BCUT2D eigenvalue weighted by molar-refractivity contribution is 7.90. The molecule has 0 aliphatic heterocycles. The summed E-state index contributed by atoms with van der Waals surface area (Å²) in [4.78, 5) is 6.03. The van der Waals surface area contributed by atoms with E-state index < -0.39 is 9.84 Å². The number of sulfone groups is 1. The summed E-state index contributed by atoms with van der Waals surface area (Å²) >= 11 is 0. The van der Waals surface area contributed by atoms with E-state index in [-0.39, 0.29) is 17.6 Å². The van der Waals surface area contributed by atoms with Gasteiger partial charge in [0.25, 0.3) is 0 Å². The van der Waals surface area contributed by atoms with E-state index in [4.69, 9.17) is 0 Å². The first-order valence-corrected chi connectivity index (χ1v) is 8.53. The maximum Gasteiger partial charge on any atom is 0.148 e. The molecule has 0 bridgehead atoms. The van der Waals surface area contributed by atoms with Crippen LogP contribution in [0.2, 0.25) is 0 Å². The van der Waals surface area contributed by atoms with Crippen molar-refractivity contribution in [3.8, 4) is 0 Å². The molecule has 0 saturated heterocycles. The van der Waals surface area contributed by atoms with E-state index in [1.54, 1.807) is 6.07 Å². The highest BCUT2D eigenvalue weighted by Gasteiger charge is 2.12. The first-order chi connectivity index (χ1) is 9.31. The number of rotatable bonds is 8. The molecule has 1 heterocycles. The Labute approximate surface area is 120 Å². The van der Waals surface area contributed by atoms with Crippen LogP contribution in [0.25, 0.3) is 0 Å². The lowest BCUT2D eigenvalue weighted by molar-refractivity contribution is 0.325. The van der Waals surface area contributed by atoms with Gasteiger partial charge in [0.1, 0.15) is 15.7 Å². The van der Waals surface area contributed by atoms with Gasteiger partial charge in [-0.05, 0) is 39.2 Å². The van der Waals surface area contributed by atoms with Crippen molar-refractivity contribution < 1.29 is 12.8 Å². The summed E-state index contributed by atoms with van der Waals surface area (Å²) in [6.45, 7) is 1.24. The van der Waals surface area contributed by atoms with Gasteiger partial charge in [0.2, 0.25) is 0 Å². The zero-order valence-corrected chi connectivity index (χ0v) is 13.0. The fourth-order valence-electron chi connectivity index (χ4n) is 1.82. The van der Waals surface area contributed by atoms with Crippen molar-refractivity contribution in [2.75, 3.05) is 39.2 Å². The Balaban J connectivity index is 2.47. The zero-order chi connectivity index (χ0) is 15.2. The lowest BCUT2D eigenvalue weighted by Gasteiger charge is -2.20. The molecule has 0 aromatic carbocycles. The van der Waals surface area contributed by atoms with Crippen molar-refractivity contribution in [3.63, 3.8) is 0 Å². The van der Waals surface area contributed by atoms with E-state index in [2.05, 4.69) is 10.3 Å². The first-order valence-electron chi connectivity index (χ1n) is 6.47. The topological polar surface area (TPSA) is 62.3 Å². The van der Waals surface area contributed by atoms with Crippen LogP contribution in [0.15, 0.2) is 18.3 Å². The van der Waals surface area contributed by atoms with Crippen LogP contribution < -0.4 is 5.32 Å². The van der Waals surface area contributed by atoms with E-state index >= 15 is 0 Å². The Hall–Kier alpha value is -1.05. The van der Waals surface area contributed by atoms with Gasteiger partial charge in [0.15, 0.2) is 0 Å². The molecule has 1 aromatic rings. The third-order valence-electron chi connectivity index (χ3n) is 3.10. The summed E-state index contributed by atoms with van der Waals surface area (Å²) in [6.07, 6.45) is 3.21. The van der Waals surface area contributed by atoms with Gasteiger partial charge in [-0.1, -0.05) is 0 Å². The zero-order valence-electron chi connectivity index (χ0n) is 12.1. The number of pyridine rings is 1. The Morgan fingerprint density at radius 2 is 2.10 bits per heavy atom. The molecule has 5 nitrogen and oxygen atoms in total. The normalized spacial score (nSPS) is 13.7. The predicted molar refractivity (Wildman–Crippen MR) is 77.8 cm³/mol. The van der Waals surface area contributed by atoms with E-state index in [9.17, 15) is 12.8 Å². The van der Waals surface area contributed by atoms with Gasteiger partial charge in [-0.2, -0.15) is 0 Å². The fraction of sp³-hybridized carbons (Fsp3) is 0.615. The highest BCUT2D eigenvalue weighted by Crippen LogP contribution is 2.14. The third-order valence-corrected chi connectivity index (χ3v) is 4.02. The van der Waals surface area contributed by atoms with E-state index in [0.29, 0.717) is 6.54 Å². The van der Waals surface area contributed by atoms with Crippen molar-refractivity contribution >= 4 is 9.84 Å². The second-order valence-corrected chi connectivity index (χ2v) is 7.22. The highest BCUT2D eigenvalue weighted by atomic mass is 32.2. The van der Waals surface area contributed by atoms with E-state index in [0.717, 1.165) is 18.7 Å². The quantitative estimate of drug-likeness (QED) is 0.771. The average Bonchev–Trinajstić information content (AvgIpc) is 2.38. The lowest BCUT2D eigenvalue weighted by atomic mass is 10.1. The Morgan fingerprint density at radius 1 is 1.40 bits per heavy atom. The fourth-order valence-corrected chi connectivity index (χ4v) is 2.46. The van der Waals surface area contributed by atoms with Crippen molar-refractivity contribution in [1.29, 1.82) is 0 Å². The molecule has 1 atom stereocenters. The third kappa shape index (κ3) is 6.40. The van der Waals surface area contributed by atoms with Gasteiger partial charge in [0.05, 0.1) is 23.7 Å². The molecule has 114 valence electrons. The van der Waals surface area contributed by atoms with Crippen LogP contribution in [0.3, 0.4) is 0 Å². The molecular formula is C13H22FN3O2S. The van der Waals surface area contributed by atoms with Gasteiger partial charge in [0, 0.05) is 12.8 Å².